The van der Waals surface area contributed by atoms with Gasteiger partial charge in [-0.1, -0.05) is 0 Å². The van der Waals surface area contributed by atoms with E-state index in [4.69, 9.17) is 14.6 Å². The zero-order valence-electron chi connectivity index (χ0n) is 9.12. The third kappa shape index (κ3) is 2.48. The minimum Gasteiger partial charge on any atom is -0.453 e. The van der Waals surface area contributed by atoms with Gasteiger partial charge in [-0.15, -0.1) is 0 Å². The Bertz CT molecular complexity index is 544. The maximum Gasteiger partial charge on any atom is 0.355 e. The summed E-state index contributed by atoms with van der Waals surface area (Å²) in [5, 5.41) is 4.96. The number of aryl methyl sites for hydroxylation is 1. The number of primary sulfonamides is 1. The van der Waals surface area contributed by atoms with Gasteiger partial charge in [-0.25, -0.2) is 18.4 Å². The van der Waals surface area contributed by atoms with Crippen molar-refractivity contribution in [3.8, 4) is 0 Å². The summed E-state index contributed by atoms with van der Waals surface area (Å²) in [4.78, 5) is 11.6. The summed E-state index contributed by atoms with van der Waals surface area (Å²) in [7, 11) is -2.27. The predicted octanol–water partition coefficient (Wildman–Crippen LogP) is -0.772. The van der Waals surface area contributed by atoms with Crippen molar-refractivity contribution in [3.63, 3.8) is 0 Å². The van der Waals surface area contributed by atoms with Gasteiger partial charge in [-0.05, 0) is 6.07 Å². The van der Waals surface area contributed by atoms with Gasteiger partial charge in [0, 0.05) is 13.2 Å². The summed E-state index contributed by atoms with van der Waals surface area (Å²) in [6, 6.07) is 1.19. The zero-order valence-corrected chi connectivity index (χ0v) is 9.94. The monoisotopic (exact) mass is 260 g/mol. The highest BCUT2D eigenvalue weighted by Crippen LogP contribution is 2.15. The minimum atomic E-state index is -3.81. The average Bonchev–Trinajstić information content (AvgIpc) is 2.53. The molecule has 0 spiro atoms. The Morgan fingerprint density at radius 2 is 2.24 bits per heavy atom. The summed E-state index contributed by atoms with van der Waals surface area (Å²) in [6.07, 6.45) is 1.01. The highest BCUT2D eigenvalue weighted by Gasteiger charge is 2.25. The number of nitrogens with zero attached hydrogens (tertiary/aromatic N) is 1. The molecule has 1 aliphatic rings. The number of carbonyl (C=O) groups is 1. The van der Waals surface area contributed by atoms with Crippen LogP contribution >= 0.6 is 0 Å². The van der Waals surface area contributed by atoms with Crippen LogP contribution in [0.3, 0.4) is 0 Å². The number of sulfonamides is 1. The summed E-state index contributed by atoms with van der Waals surface area (Å²) in [6.45, 7) is 0.746. The van der Waals surface area contributed by atoms with Gasteiger partial charge >= 0.3 is 5.97 Å². The molecule has 1 aromatic rings. The first-order chi connectivity index (χ1) is 7.88. The lowest BCUT2D eigenvalue weighted by Gasteiger charge is -2.25. The lowest BCUT2D eigenvalue weighted by molar-refractivity contribution is -0.103. The molecule has 0 aromatic carbocycles. The number of carbonyl (C=O) groups excluding carboxylic acids is 1. The van der Waals surface area contributed by atoms with Crippen LogP contribution in [-0.4, -0.2) is 38.3 Å². The first-order valence-corrected chi connectivity index (χ1v) is 6.40. The van der Waals surface area contributed by atoms with E-state index in [1.165, 1.54) is 16.8 Å². The molecule has 0 unspecified atom stereocenters. The van der Waals surface area contributed by atoms with Gasteiger partial charge in [0.1, 0.15) is 16.7 Å². The van der Waals surface area contributed by atoms with E-state index in [1.807, 2.05) is 0 Å². The van der Waals surface area contributed by atoms with Crippen molar-refractivity contribution in [2.24, 2.45) is 12.2 Å². The van der Waals surface area contributed by atoms with Crippen LogP contribution < -0.4 is 5.14 Å². The number of rotatable bonds is 3. The number of ether oxygens (including phenoxy) is 2. The molecular weight excluding hydrogens is 248 g/mol. The molecule has 2 rings (SSSR count). The molecule has 0 amide bonds. The fourth-order valence-electron chi connectivity index (χ4n) is 1.39. The van der Waals surface area contributed by atoms with Crippen LogP contribution in [0.25, 0.3) is 0 Å². The van der Waals surface area contributed by atoms with Gasteiger partial charge in [0.25, 0.3) is 0 Å². The number of hydrogen-bond donors (Lipinski definition) is 1. The second-order valence-electron chi connectivity index (χ2n) is 3.78. The first-order valence-electron chi connectivity index (χ1n) is 4.86. The third-order valence-electron chi connectivity index (χ3n) is 2.40. The Morgan fingerprint density at radius 3 is 2.65 bits per heavy atom. The second kappa shape index (κ2) is 4.13. The minimum absolute atomic E-state index is 0.114. The maximum absolute atomic E-state index is 11.7. The van der Waals surface area contributed by atoms with Crippen molar-refractivity contribution >= 4 is 16.0 Å². The van der Waals surface area contributed by atoms with E-state index in [1.54, 1.807) is 7.05 Å². The van der Waals surface area contributed by atoms with Crippen LogP contribution in [0, 0.1) is 0 Å². The molecule has 2 heterocycles. The van der Waals surface area contributed by atoms with E-state index in [-0.39, 0.29) is 16.7 Å². The Balaban J connectivity index is 2.20. The van der Waals surface area contributed by atoms with Gasteiger partial charge in [0.05, 0.1) is 13.2 Å². The maximum atomic E-state index is 11.7. The van der Waals surface area contributed by atoms with Crippen LogP contribution in [0.15, 0.2) is 17.2 Å². The molecule has 0 aliphatic carbocycles. The molecular formula is C9H12N2O5S. The predicted molar refractivity (Wildman–Crippen MR) is 56.8 cm³/mol. The van der Waals surface area contributed by atoms with E-state index in [9.17, 15) is 13.2 Å². The third-order valence-corrected chi connectivity index (χ3v) is 3.28. The summed E-state index contributed by atoms with van der Waals surface area (Å²) in [5.74, 6) is -0.587. The molecule has 1 saturated heterocycles. The van der Waals surface area contributed by atoms with Crippen molar-refractivity contribution in [1.29, 1.82) is 0 Å². The van der Waals surface area contributed by atoms with Gasteiger partial charge in [0.15, 0.2) is 0 Å². The number of nitrogens with two attached hydrogens (primary N) is 1. The smallest absolute Gasteiger partial charge is 0.355 e. The number of hydrogen-bond acceptors (Lipinski definition) is 5. The fraction of sp³-hybridized carbons (Fsp3) is 0.444. The fourth-order valence-corrected chi connectivity index (χ4v) is 1.97. The van der Waals surface area contributed by atoms with Gasteiger partial charge < -0.3 is 14.0 Å². The van der Waals surface area contributed by atoms with Crippen molar-refractivity contribution in [2.45, 2.75) is 11.0 Å². The molecule has 0 atom stereocenters. The van der Waals surface area contributed by atoms with Gasteiger partial charge in [0.2, 0.25) is 10.0 Å². The van der Waals surface area contributed by atoms with E-state index >= 15 is 0 Å². The molecule has 0 radical (unpaired) electrons. The number of esters is 1. The van der Waals surface area contributed by atoms with E-state index in [2.05, 4.69) is 0 Å². The highest BCUT2D eigenvalue weighted by molar-refractivity contribution is 7.89. The van der Waals surface area contributed by atoms with Crippen LogP contribution in [0.1, 0.15) is 10.5 Å². The van der Waals surface area contributed by atoms with Gasteiger partial charge in [-0.3, -0.25) is 0 Å². The zero-order chi connectivity index (χ0) is 12.6. The van der Waals surface area contributed by atoms with Crippen molar-refractivity contribution in [2.75, 3.05) is 13.2 Å². The first kappa shape index (κ1) is 12.1. The quantitative estimate of drug-likeness (QED) is 0.719. The molecule has 2 N–H and O–H groups in total. The Kier molecular flexibility index (Phi) is 2.94. The number of aromatic nitrogens is 1. The van der Waals surface area contributed by atoms with Crippen molar-refractivity contribution in [3.05, 3.63) is 18.0 Å². The van der Waals surface area contributed by atoms with Crippen LogP contribution in [0.4, 0.5) is 0 Å². The molecule has 7 nitrogen and oxygen atoms in total. The Labute approximate surface area is 98.2 Å². The van der Waals surface area contributed by atoms with Crippen molar-refractivity contribution < 1.29 is 22.7 Å². The lowest BCUT2D eigenvalue weighted by Crippen LogP contribution is -2.38. The molecule has 1 aliphatic heterocycles. The standard InChI is InChI=1S/C9H12N2O5S/c1-11-3-7(17(10,13)14)2-8(11)9(12)16-6-4-15-5-6/h2-3,6H,4-5H2,1H3,(H2,10,13,14). The summed E-state index contributed by atoms with van der Waals surface area (Å²) >= 11 is 0. The normalized spacial score (nSPS) is 16.6. The molecule has 1 fully saturated rings. The van der Waals surface area contributed by atoms with E-state index in [0.717, 1.165) is 0 Å². The lowest BCUT2D eigenvalue weighted by atomic mass is 10.3. The largest absolute Gasteiger partial charge is 0.453 e. The molecule has 0 bridgehead atoms. The second-order valence-corrected chi connectivity index (χ2v) is 5.34. The van der Waals surface area contributed by atoms with E-state index in [0.29, 0.717) is 13.2 Å². The molecule has 1 aromatic heterocycles. The molecule has 94 valence electrons. The van der Waals surface area contributed by atoms with Gasteiger partial charge in [-0.2, -0.15) is 0 Å². The van der Waals surface area contributed by atoms with Crippen LogP contribution in [-0.2, 0) is 26.5 Å². The SMILES string of the molecule is Cn1cc(S(N)(=O)=O)cc1C(=O)OC1COC1. The van der Waals surface area contributed by atoms with Crippen molar-refractivity contribution in [1.82, 2.24) is 4.57 Å². The molecule has 8 heteroatoms. The molecule has 0 saturated carbocycles. The average molecular weight is 260 g/mol. The molecule has 17 heavy (non-hydrogen) atoms. The Morgan fingerprint density at radius 1 is 1.59 bits per heavy atom. The summed E-state index contributed by atoms with van der Waals surface area (Å²) < 4.78 is 33.5. The summed E-state index contributed by atoms with van der Waals surface area (Å²) in [5.41, 5.74) is 0.140. The van der Waals surface area contributed by atoms with E-state index < -0.39 is 16.0 Å². The van der Waals surface area contributed by atoms with Crippen LogP contribution in [0.2, 0.25) is 0 Å². The topological polar surface area (TPSA) is 101 Å². The highest BCUT2D eigenvalue weighted by atomic mass is 32.2. The van der Waals surface area contributed by atoms with Crippen LogP contribution in [0.5, 0.6) is 0 Å². The Hall–Kier alpha value is -1.38.